The van der Waals surface area contributed by atoms with Gasteiger partial charge in [0.15, 0.2) is 0 Å². The molecule has 0 atom stereocenters. The van der Waals surface area contributed by atoms with Crippen LogP contribution in [0.25, 0.3) is 11.1 Å². The van der Waals surface area contributed by atoms with Gasteiger partial charge < -0.3 is 9.73 Å². The molecule has 0 unspecified atom stereocenters. The van der Waals surface area contributed by atoms with Gasteiger partial charge >= 0.3 is 0 Å². The third kappa shape index (κ3) is 3.01. The zero-order valence-electron chi connectivity index (χ0n) is 11.3. The Balaban J connectivity index is 2.37. The maximum Gasteiger partial charge on any atom is 0.134 e. The van der Waals surface area contributed by atoms with E-state index in [1.165, 1.54) is 12.3 Å². The molecule has 102 valence electrons. The summed E-state index contributed by atoms with van der Waals surface area (Å²) in [5.41, 5.74) is 1.45. The van der Waals surface area contributed by atoms with E-state index in [4.69, 9.17) is 4.42 Å². The average molecular weight is 265 g/mol. The minimum atomic E-state index is -0.574. The largest absolute Gasteiger partial charge is 0.467 e. The van der Waals surface area contributed by atoms with E-state index in [9.17, 15) is 8.78 Å². The summed E-state index contributed by atoms with van der Waals surface area (Å²) in [6, 6.07) is 4.43. The van der Waals surface area contributed by atoms with Gasteiger partial charge in [0.2, 0.25) is 0 Å². The molecule has 0 radical (unpaired) electrons. The molecule has 2 rings (SSSR count). The van der Waals surface area contributed by atoms with Gasteiger partial charge in [-0.15, -0.1) is 0 Å². The minimum Gasteiger partial charge on any atom is -0.467 e. The quantitative estimate of drug-likeness (QED) is 0.902. The number of hydrogen-bond donors (Lipinski definition) is 1. The molecule has 0 saturated heterocycles. The number of benzene rings is 1. The number of rotatable bonds is 4. The highest BCUT2D eigenvalue weighted by molar-refractivity contribution is 5.67. The summed E-state index contributed by atoms with van der Waals surface area (Å²) in [6.45, 7) is 6.16. The molecule has 1 heterocycles. The van der Waals surface area contributed by atoms with E-state index in [0.29, 0.717) is 35.0 Å². The lowest BCUT2D eigenvalue weighted by Crippen LogP contribution is -2.21. The highest BCUT2D eigenvalue weighted by Gasteiger charge is 2.15. The number of aryl methyl sites for hydroxylation is 1. The van der Waals surface area contributed by atoms with Crippen LogP contribution in [-0.2, 0) is 6.54 Å². The van der Waals surface area contributed by atoms with Crippen LogP contribution in [0.15, 0.2) is 28.9 Å². The van der Waals surface area contributed by atoms with E-state index >= 15 is 0 Å². The molecule has 1 N–H and O–H groups in total. The van der Waals surface area contributed by atoms with Crippen molar-refractivity contribution in [2.24, 2.45) is 0 Å². The molecule has 2 nitrogen and oxygen atoms in total. The maximum absolute atomic E-state index is 13.9. The molecule has 0 aliphatic carbocycles. The molecule has 0 aliphatic rings. The van der Waals surface area contributed by atoms with Crippen LogP contribution in [0.4, 0.5) is 8.78 Å². The number of halogens is 2. The van der Waals surface area contributed by atoms with Crippen LogP contribution in [0.3, 0.4) is 0 Å². The molecule has 4 heteroatoms. The lowest BCUT2D eigenvalue weighted by atomic mass is 10.0. The first-order valence-corrected chi connectivity index (χ1v) is 6.24. The molecule has 1 aromatic carbocycles. The molecule has 0 amide bonds. The molecule has 1 aromatic heterocycles. The third-order valence-electron chi connectivity index (χ3n) is 2.95. The van der Waals surface area contributed by atoms with Crippen LogP contribution in [0, 0.1) is 18.6 Å². The highest BCUT2D eigenvalue weighted by Crippen LogP contribution is 2.29. The van der Waals surface area contributed by atoms with E-state index in [-0.39, 0.29) is 0 Å². The van der Waals surface area contributed by atoms with Crippen LogP contribution in [-0.4, -0.2) is 6.04 Å². The van der Waals surface area contributed by atoms with E-state index in [1.807, 2.05) is 13.8 Å². The van der Waals surface area contributed by atoms with Crippen LogP contribution in [0.1, 0.15) is 25.2 Å². The second kappa shape index (κ2) is 5.53. The summed E-state index contributed by atoms with van der Waals surface area (Å²) in [5.74, 6) is -0.458. The predicted molar refractivity (Wildman–Crippen MR) is 70.8 cm³/mol. The van der Waals surface area contributed by atoms with Crippen LogP contribution < -0.4 is 5.32 Å². The van der Waals surface area contributed by atoms with E-state index in [0.717, 1.165) is 6.07 Å². The van der Waals surface area contributed by atoms with Crippen LogP contribution in [0.5, 0.6) is 0 Å². The van der Waals surface area contributed by atoms with Gasteiger partial charge in [-0.05, 0) is 24.6 Å². The van der Waals surface area contributed by atoms with Gasteiger partial charge in [-0.25, -0.2) is 8.78 Å². The smallest absolute Gasteiger partial charge is 0.134 e. The zero-order chi connectivity index (χ0) is 14.0. The minimum absolute atomic E-state index is 0.303. The topological polar surface area (TPSA) is 25.2 Å². The third-order valence-corrected chi connectivity index (χ3v) is 2.95. The van der Waals surface area contributed by atoms with Crippen molar-refractivity contribution < 1.29 is 13.2 Å². The van der Waals surface area contributed by atoms with Gasteiger partial charge in [-0.1, -0.05) is 13.8 Å². The lowest BCUT2D eigenvalue weighted by Gasteiger charge is -2.09. The van der Waals surface area contributed by atoms with Gasteiger partial charge in [0, 0.05) is 23.2 Å². The van der Waals surface area contributed by atoms with Crippen LogP contribution >= 0.6 is 0 Å². The predicted octanol–water partition coefficient (Wildman–Crippen LogP) is 4.03. The van der Waals surface area contributed by atoms with Gasteiger partial charge in [0.1, 0.15) is 17.4 Å². The molecule has 2 aromatic rings. The lowest BCUT2D eigenvalue weighted by molar-refractivity contribution is 0.466. The molecule has 0 spiro atoms. The Hall–Kier alpha value is -1.68. The summed E-state index contributed by atoms with van der Waals surface area (Å²) in [6.07, 6.45) is 1.52. The Morgan fingerprint density at radius 1 is 1.16 bits per heavy atom. The molecule has 0 bridgehead atoms. The van der Waals surface area contributed by atoms with Crippen molar-refractivity contribution >= 4 is 0 Å². The number of nitrogens with one attached hydrogen (secondary N) is 1. The molecule has 0 aliphatic heterocycles. The van der Waals surface area contributed by atoms with Crippen molar-refractivity contribution in [3.63, 3.8) is 0 Å². The molecule has 0 fully saturated rings. The maximum atomic E-state index is 13.9. The fourth-order valence-electron chi connectivity index (χ4n) is 1.88. The zero-order valence-corrected chi connectivity index (χ0v) is 11.3. The fourth-order valence-corrected chi connectivity index (χ4v) is 1.88. The summed E-state index contributed by atoms with van der Waals surface area (Å²) >= 11 is 0. The van der Waals surface area contributed by atoms with Crippen molar-refractivity contribution in [3.05, 3.63) is 47.4 Å². The summed E-state index contributed by atoms with van der Waals surface area (Å²) < 4.78 is 32.5. The summed E-state index contributed by atoms with van der Waals surface area (Å²) in [5, 5.41) is 3.21. The standard InChI is InChI=1S/C15H17F2NO/c1-9(2)18-8-15-11(4-5-19-15)12-6-10(3)13(16)7-14(12)17/h4-7,9,18H,8H2,1-3H3. The van der Waals surface area contributed by atoms with Crippen molar-refractivity contribution in [2.75, 3.05) is 0 Å². The van der Waals surface area contributed by atoms with Gasteiger partial charge in [0.05, 0.1) is 12.8 Å². The second-order valence-corrected chi connectivity index (χ2v) is 4.87. The van der Waals surface area contributed by atoms with Gasteiger partial charge in [-0.3, -0.25) is 0 Å². The SMILES string of the molecule is Cc1cc(-c2ccoc2CNC(C)C)c(F)cc1F. The van der Waals surface area contributed by atoms with Crippen molar-refractivity contribution in [1.82, 2.24) is 5.32 Å². The van der Waals surface area contributed by atoms with Gasteiger partial charge in [0.25, 0.3) is 0 Å². The molecule has 19 heavy (non-hydrogen) atoms. The first-order chi connectivity index (χ1) is 8.99. The van der Waals surface area contributed by atoms with Crippen molar-refractivity contribution in [1.29, 1.82) is 0 Å². The average Bonchev–Trinajstić information content (AvgIpc) is 2.79. The second-order valence-electron chi connectivity index (χ2n) is 4.87. The Bertz CT molecular complexity index is 576. The fraction of sp³-hybridized carbons (Fsp3) is 0.333. The van der Waals surface area contributed by atoms with E-state index in [1.54, 1.807) is 13.0 Å². The Labute approximate surface area is 111 Å². The normalized spacial score (nSPS) is 11.3. The summed E-state index contributed by atoms with van der Waals surface area (Å²) in [7, 11) is 0. The molecule has 0 saturated carbocycles. The monoisotopic (exact) mass is 265 g/mol. The van der Waals surface area contributed by atoms with E-state index in [2.05, 4.69) is 5.32 Å². The summed E-state index contributed by atoms with van der Waals surface area (Å²) in [4.78, 5) is 0. The Kier molecular flexibility index (Phi) is 4.00. The number of furan rings is 1. The Morgan fingerprint density at radius 3 is 2.58 bits per heavy atom. The number of hydrogen-bond acceptors (Lipinski definition) is 2. The first kappa shape index (κ1) is 13.7. The van der Waals surface area contributed by atoms with E-state index < -0.39 is 11.6 Å². The Morgan fingerprint density at radius 2 is 1.89 bits per heavy atom. The van der Waals surface area contributed by atoms with Crippen molar-refractivity contribution in [3.8, 4) is 11.1 Å². The molecular weight excluding hydrogens is 248 g/mol. The van der Waals surface area contributed by atoms with Gasteiger partial charge in [-0.2, -0.15) is 0 Å². The van der Waals surface area contributed by atoms with Crippen LogP contribution in [0.2, 0.25) is 0 Å². The first-order valence-electron chi connectivity index (χ1n) is 6.24. The molecular formula is C15H17F2NO. The van der Waals surface area contributed by atoms with Crippen molar-refractivity contribution in [2.45, 2.75) is 33.4 Å². The highest BCUT2D eigenvalue weighted by atomic mass is 19.1.